The maximum atomic E-state index is 13.0. The van der Waals surface area contributed by atoms with Gasteiger partial charge in [0.2, 0.25) is 0 Å². The molecule has 0 atom stereocenters. The molecule has 0 radical (unpaired) electrons. The summed E-state index contributed by atoms with van der Waals surface area (Å²) in [5.41, 5.74) is -5.42. The van der Waals surface area contributed by atoms with Gasteiger partial charge in [-0.2, -0.15) is 26.3 Å². The van der Waals surface area contributed by atoms with Gasteiger partial charge < -0.3 is 10.1 Å². The van der Waals surface area contributed by atoms with Crippen molar-refractivity contribution in [2.24, 2.45) is 0 Å². The highest BCUT2D eigenvalue weighted by Gasteiger charge is 2.81. The zero-order valence-corrected chi connectivity index (χ0v) is 12.0. The molecule has 0 bridgehead atoms. The second-order valence-electron chi connectivity index (χ2n) is 4.74. The second-order valence-corrected chi connectivity index (χ2v) is 4.74. The van der Waals surface area contributed by atoms with Crippen molar-refractivity contribution >= 4 is 17.6 Å². The number of alkyl halides is 6. The summed E-state index contributed by atoms with van der Waals surface area (Å²) in [5, 5.41) is 0.742. The molecule has 3 amide bonds. The van der Waals surface area contributed by atoms with Crippen molar-refractivity contribution in [3.05, 3.63) is 24.3 Å². The van der Waals surface area contributed by atoms with Crippen LogP contribution < -0.4 is 15.0 Å². The Kier molecular flexibility index (Phi) is 4.15. The van der Waals surface area contributed by atoms with Gasteiger partial charge in [0.25, 0.3) is 5.91 Å². The molecule has 0 aromatic heterocycles. The summed E-state index contributed by atoms with van der Waals surface area (Å²) in [6.07, 6.45) is -12.1. The molecule has 0 aliphatic carbocycles. The Morgan fingerprint density at radius 3 is 1.92 bits per heavy atom. The number of imide groups is 1. The number of amides is 3. The van der Waals surface area contributed by atoms with Crippen LogP contribution in [0.5, 0.6) is 5.75 Å². The molecular weight excluding hydrogens is 346 g/mol. The van der Waals surface area contributed by atoms with Crippen LogP contribution in [0.3, 0.4) is 0 Å². The molecule has 1 aliphatic rings. The minimum atomic E-state index is -6.06. The first-order chi connectivity index (χ1) is 11.0. The fraction of sp³-hybridized carbons (Fsp3) is 0.385. The number of anilines is 1. The summed E-state index contributed by atoms with van der Waals surface area (Å²) >= 11 is 0. The Hall–Kier alpha value is -2.46. The van der Waals surface area contributed by atoms with E-state index >= 15 is 0 Å². The number of ether oxygens (including phenoxy) is 1. The van der Waals surface area contributed by atoms with E-state index in [2.05, 4.69) is 0 Å². The molecule has 1 aromatic rings. The average molecular weight is 356 g/mol. The first-order valence-corrected chi connectivity index (χ1v) is 6.48. The van der Waals surface area contributed by atoms with E-state index < -0.39 is 35.5 Å². The third-order valence-corrected chi connectivity index (χ3v) is 3.28. The van der Waals surface area contributed by atoms with Crippen LogP contribution in [0.1, 0.15) is 6.92 Å². The first-order valence-electron chi connectivity index (χ1n) is 6.48. The number of carbonyl (C=O) groups is 2. The predicted octanol–water partition coefficient (Wildman–Crippen LogP) is 3.00. The summed E-state index contributed by atoms with van der Waals surface area (Å²) in [6, 6.07) is 2.61. The number of nitrogens with one attached hydrogen (secondary N) is 1. The zero-order chi connectivity index (χ0) is 18.3. The number of hydrogen-bond donors (Lipinski definition) is 1. The van der Waals surface area contributed by atoms with Crippen LogP contribution in [-0.4, -0.2) is 36.4 Å². The lowest BCUT2D eigenvalue weighted by Gasteiger charge is -2.30. The van der Waals surface area contributed by atoms with E-state index in [-0.39, 0.29) is 17.3 Å². The Morgan fingerprint density at radius 1 is 1.04 bits per heavy atom. The van der Waals surface area contributed by atoms with Gasteiger partial charge in [0.05, 0.1) is 12.3 Å². The largest absolute Gasteiger partial charge is 0.494 e. The van der Waals surface area contributed by atoms with Crippen molar-refractivity contribution in [2.75, 3.05) is 11.5 Å². The first kappa shape index (κ1) is 17.9. The minimum absolute atomic E-state index is 0.198. The number of rotatable bonds is 3. The summed E-state index contributed by atoms with van der Waals surface area (Å²) in [4.78, 5) is 23.4. The van der Waals surface area contributed by atoms with E-state index in [4.69, 9.17) is 4.74 Å². The highest BCUT2D eigenvalue weighted by Crippen LogP contribution is 2.47. The summed E-state index contributed by atoms with van der Waals surface area (Å²) in [7, 11) is 0. The molecule has 0 spiro atoms. The van der Waals surface area contributed by atoms with Crippen molar-refractivity contribution in [3.8, 4) is 5.75 Å². The van der Waals surface area contributed by atoms with E-state index in [1.165, 1.54) is 12.1 Å². The molecule has 11 heteroatoms. The van der Waals surface area contributed by atoms with Crippen LogP contribution in [0.25, 0.3) is 0 Å². The average Bonchev–Trinajstić information content (AvgIpc) is 2.72. The van der Waals surface area contributed by atoms with Crippen molar-refractivity contribution < 1.29 is 40.7 Å². The number of halogens is 6. The van der Waals surface area contributed by atoms with Crippen LogP contribution in [0, 0.1) is 0 Å². The van der Waals surface area contributed by atoms with Crippen molar-refractivity contribution in [1.82, 2.24) is 5.32 Å². The molecule has 0 unspecified atom stereocenters. The third kappa shape index (κ3) is 2.53. The molecule has 1 aromatic carbocycles. The summed E-state index contributed by atoms with van der Waals surface area (Å²) in [5.74, 6) is -2.19. The summed E-state index contributed by atoms with van der Waals surface area (Å²) in [6.45, 7) is 1.93. The van der Waals surface area contributed by atoms with Crippen LogP contribution in [0.15, 0.2) is 24.3 Å². The van der Waals surface area contributed by atoms with Crippen LogP contribution in [0.4, 0.5) is 36.8 Å². The van der Waals surface area contributed by atoms with E-state index in [9.17, 15) is 35.9 Å². The predicted molar refractivity (Wildman–Crippen MR) is 68.5 cm³/mol. The lowest BCUT2D eigenvalue weighted by molar-refractivity contribution is -0.288. The topological polar surface area (TPSA) is 58.6 Å². The maximum absolute atomic E-state index is 13.0. The van der Waals surface area contributed by atoms with E-state index in [1.54, 1.807) is 6.92 Å². The number of hydrogen-bond acceptors (Lipinski definition) is 3. The van der Waals surface area contributed by atoms with Gasteiger partial charge in [-0.3, -0.25) is 4.79 Å². The van der Waals surface area contributed by atoms with Crippen molar-refractivity contribution in [3.63, 3.8) is 0 Å². The number of nitrogens with zero attached hydrogens (tertiary/aromatic N) is 1. The quantitative estimate of drug-likeness (QED) is 0.669. The fourth-order valence-corrected chi connectivity index (χ4v) is 2.17. The minimum Gasteiger partial charge on any atom is -0.494 e. The Bertz CT molecular complexity index is 639. The smallest absolute Gasteiger partial charge is 0.429 e. The van der Waals surface area contributed by atoms with E-state index in [1.807, 2.05) is 0 Å². The molecule has 2 rings (SSSR count). The van der Waals surface area contributed by atoms with Crippen LogP contribution in [0.2, 0.25) is 0 Å². The van der Waals surface area contributed by atoms with Crippen LogP contribution in [-0.2, 0) is 4.79 Å². The molecule has 24 heavy (non-hydrogen) atoms. The van der Waals surface area contributed by atoms with Gasteiger partial charge in [0.15, 0.2) is 0 Å². The van der Waals surface area contributed by atoms with E-state index in [0.29, 0.717) is 0 Å². The lowest BCUT2D eigenvalue weighted by atomic mass is 9.98. The Labute approximate surface area is 131 Å². The van der Waals surface area contributed by atoms with Crippen molar-refractivity contribution in [2.45, 2.75) is 24.8 Å². The van der Waals surface area contributed by atoms with Gasteiger partial charge in [-0.25, -0.2) is 9.69 Å². The number of urea groups is 1. The Balaban J connectivity index is 2.48. The molecule has 0 saturated carbocycles. The highest BCUT2D eigenvalue weighted by molar-refractivity contribution is 6.24. The molecule has 1 heterocycles. The van der Waals surface area contributed by atoms with Crippen LogP contribution >= 0.6 is 0 Å². The van der Waals surface area contributed by atoms with Gasteiger partial charge in [-0.05, 0) is 31.2 Å². The molecular formula is C13H10F6N2O3. The van der Waals surface area contributed by atoms with Crippen molar-refractivity contribution in [1.29, 1.82) is 0 Å². The highest BCUT2D eigenvalue weighted by atomic mass is 19.4. The van der Waals surface area contributed by atoms with Gasteiger partial charge in [-0.15, -0.1) is 0 Å². The molecule has 1 N–H and O–H groups in total. The number of benzene rings is 1. The van der Waals surface area contributed by atoms with Gasteiger partial charge in [0.1, 0.15) is 5.75 Å². The van der Waals surface area contributed by atoms with Gasteiger partial charge in [-0.1, -0.05) is 0 Å². The lowest BCUT2D eigenvalue weighted by Crippen LogP contribution is -2.68. The molecule has 1 aliphatic heterocycles. The number of carbonyl (C=O) groups excluding carboxylic acids is 2. The van der Waals surface area contributed by atoms with Gasteiger partial charge in [0, 0.05) is 0 Å². The molecule has 1 saturated heterocycles. The van der Waals surface area contributed by atoms with Gasteiger partial charge >= 0.3 is 23.9 Å². The standard InChI is InChI=1S/C13H10F6N2O3/c1-2-24-8-5-3-7(4-6-8)21-9(22)11(12(14,15)16,13(17,18)19)20-10(21)23/h3-6H,2H2,1H3,(H,20,23). The van der Waals surface area contributed by atoms with E-state index in [0.717, 1.165) is 17.4 Å². The maximum Gasteiger partial charge on any atom is 0.429 e. The molecule has 1 fully saturated rings. The molecule has 132 valence electrons. The fourth-order valence-electron chi connectivity index (χ4n) is 2.17. The normalized spacial score (nSPS) is 17.9. The third-order valence-electron chi connectivity index (χ3n) is 3.28. The molecule has 5 nitrogen and oxygen atoms in total. The zero-order valence-electron chi connectivity index (χ0n) is 12.0. The SMILES string of the molecule is CCOc1ccc(N2C(=O)NC(C(F)(F)F)(C(F)(F)F)C2=O)cc1. The Morgan fingerprint density at radius 2 is 1.54 bits per heavy atom. The monoisotopic (exact) mass is 356 g/mol. The summed E-state index contributed by atoms with van der Waals surface area (Å²) < 4.78 is 83.0. The second kappa shape index (κ2) is 5.56.